The molecule has 2 fully saturated rings. The molecule has 1 atom stereocenters. The Morgan fingerprint density at radius 2 is 2.35 bits per heavy atom. The summed E-state index contributed by atoms with van der Waals surface area (Å²) in [5.74, 6) is 0. The summed E-state index contributed by atoms with van der Waals surface area (Å²) in [5.41, 5.74) is 0.601. The van der Waals surface area contributed by atoms with Crippen LogP contribution in [0.25, 0.3) is 0 Å². The van der Waals surface area contributed by atoms with E-state index < -0.39 is 0 Å². The van der Waals surface area contributed by atoms with Crippen LogP contribution < -0.4 is 5.32 Å². The van der Waals surface area contributed by atoms with Crippen LogP contribution in [0, 0.1) is 5.41 Å². The van der Waals surface area contributed by atoms with Gasteiger partial charge in [-0.15, -0.1) is 23.7 Å². The van der Waals surface area contributed by atoms with Crippen LogP contribution in [-0.4, -0.2) is 31.1 Å². The van der Waals surface area contributed by atoms with Gasteiger partial charge in [-0.2, -0.15) is 0 Å². The lowest BCUT2D eigenvalue weighted by Gasteiger charge is -2.22. The van der Waals surface area contributed by atoms with Crippen LogP contribution >= 0.6 is 39.7 Å². The molecule has 1 N–H and O–H groups in total. The fourth-order valence-electron chi connectivity index (χ4n) is 2.95. The third-order valence-corrected chi connectivity index (χ3v) is 5.82. The third-order valence-electron chi connectivity index (χ3n) is 3.91. The van der Waals surface area contributed by atoms with Crippen molar-refractivity contribution < 1.29 is 0 Å². The number of nitrogens with zero attached hydrogens (tertiary/aromatic N) is 1. The summed E-state index contributed by atoms with van der Waals surface area (Å²) in [6.07, 6.45) is 2.75. The number of nitrogens with one attached hydrogen (secondary N) is 1. The molecule has 96 valence electrons. The maximum atomic E-state index is 3.62. The highest BCUT2D eigenvalue weighted by molar-refractivity contribution is 9.10. The maximum Gasteiger partial charge on any atom is 0.0339 e. The molecule has 2 saturated heterocycles. The molecule has 1 unspecified atom stereocenters. The van der Waals surface area contributed by atoms with Crippen molar-refractivity contribution in [2.75, 3.05) is 26.2 Å². The van der Waals surface area contributed by atoms with Gasteiger partial charge in [0.25, 0.3) is 0 Å². The van der Waals surface area contributed by atoms with Gasteiger partial charge in [0.1, 0.15) is 0 Å². The van der Waals surface area contributed by atoms with Gasteiger partial charge in [-0.05, 0) is 58.7 Å². The van der Waals surface area contributed by atoms with E-state index in [1.165, 1.54) is 48.4 Å². The predicted octanol–water partition coefficient (Wildman–Crippen LogP) is 3.12. The van der Waals surface area contributed by atoms with Crippen LogP contribution in [0.1, 0.15) is 17.7 Å². The fraction of sp³-hybridized carbons (Fsp3) is 0.667. The van der Waals surface area contributed by atoms with Gasteiger partial charge in [-0.25, -0.2) is 0 Å². The van der Waals surface area contributed by atoms with Crippen LogP contribution in [-0.2, 0) is 6.54 Å². The summed E-state index contributed by atoms with van der Waals surface area (Å²) >= 11 is 5.48. The molecule has 1 aromatic rings. The molecule has 3 heterocycles. The summed E-state index contributed by atoms with van der Waals surface area (Å²) < 4.78 is 1.28. The topological polar surface area (TPSA) is 15.3 Å². The fourth-order valence-corrected chi connectivity index (χ4v) is 4.47. The molecular weight excluding hydrogens is 320 g/mol. The first-order valence-corrected chi connectivity index (χ1v) is 7.60. The monoisotopic (exact) mass is 336 g/mol. The molecule has 0 radical (unpaired) electrons. The SMILES string of the molecule is Brc1ccsc1CN1CCC2(CCNC2)C1.Cl. The van der Waals surface area contributed by atoms with Crippen molar-refractivity contribution in [3.63, 3.8) is 0 Å². The molecule has 1 spiro atoms. The minimum atomic E-state index is 0. The van der Waals surface area contributed by atoms with E-state index in [2.05, 4.69) is 37.6 Å². The second kappa shape index (κ2) is 5.57. The van der Waals surface area contributed by atoms with Gasteiger partial charge < -0.3 is 5.32 Å². The van der Waals surface area contributed by atoms with Crippen molar-refractivity contribution in [2.45, 2.75) is 19.4 Å². The zero-order chi connectivity index (χ0) is 11.0. The van der Waals surface area contributed by atoms with Crippen LogP contribution in [0.15, 0.2) is 15.9 Å². The van der Waals surface area contributed by atoms with E-state index >= 15 is 0 Å². The number of halogens is 2. The van der Waals surface area contributed by atoms with Crippen molar-refractivity contribution in [2.24, 2.45) is 5.41 Å². The largest absolute Gasteiger partial charge is 0.316 e. The lowest BCUT2D eigenvalue weighted by molar-refractivity contribution is 0.270. The number of thiophene rings is 1. The van der Waals surface area contributed by atoms with Gasteiger partial charge in [0.15, 0.2) is 0 Å². The summed E-state index contributed by atoms with van der Waals surface area (Å²) in [4.78, 5) is 4.09. The summed E-state index contributed by atoms with van der Waals surface area (Å²) in [7, 11) is 0. The minimum Gasteiger partial charge on any atom is -0.316 e. The van der Waals surface area contributed by atoms with E-state index in [4.69, 9.17) is 0 Å². The van der Waals surface area contributed by atoms with Crippen molar-refractivity contribution >= 4 is 39.7 Å². The Labute approximate surface area is 121 Å². The Morgan fingerprint density at radius 1 is 1.47 bits per heavy atom. The molecular formula is C12H18BrClN2S. The summed E-state index contributed by atoms with van der Waals surface area (Å²) in [5, 5.41) is 5.68. The first-order valence-electron chi connectivity index (χ1n) is 5.92. The highest BCUT2D eigenvalue weighted by Gasteiger charge is 2.40. The van der Waals surface area contributed by atoms with Gasteiger partial charge in [-0.1, -0.05) is 0 Å². The highest BCUT2D eigenvalue weighted by Crippen LogP contribution is 2.37. The molecule has 2 aliphatic heterocycles. The van der Waals surface area contributed by atoms with Gasteiger partial charge in [0, 0.05) is 29.0 Å². The highest BCUT2D eigenvalue weighted by atomic mass is 79.9. The minimum absolute atomic E-state index is 0. The Balaban J connectivity index is 0.00000108. The normalized spacial score (nSPS) is 28.8. The first-order chi connectivity index (χ1) is 7.77. The molecule has 2 nitrogen and oxygen atoms in total. The van der Waals surface area contributed by atoms with E-state index in [0.717, 1.165) is 6.54 Å². The zero-order valence-corrected chi connectivity index (χ0v) is 13.0. The number of likely N-dealkylation sites (tertiary alicyclic amines) is 1. The van der Waals surface area contributed by atoms with Crippen LogP contribution in [0.2, 0.25) is 0 Å². The second-order valence-electron chi connectivity index (χ2n) is 5.08. The quantitative estimate of drug-likeness (QED) is 0.892. The van der Waals surface area contributed by atoms with Crippen molar-refractivity contribution in [3.8, 4) is 0 Å². The molecule has 0 saturated carbocycles. The smallest absolute Gasteiger partial charge is 0.0339 e. The molecule has 0 amide bonds. The zero-order valence-electron chi connectivity index (χ0n) is 9.75. The van der Waals surface area contributed by atoms with Gasteiger partial charge in [0.05, 0.1) is 0 Å². The van der Waals surface area contributed by atoms with Crippen molar-refractivity contribution in [1.82, 2.24) is 10.2 Å². The molecule has 0 bridgehead atoms. The molecule has 0 aromatic carbocycles. The van der Waals surface area contributed by atoms with E-state index in [1.54, 1.807) is 0 Å². The van der Waals surface area contributed by atoms with E-state index in [1.807, 2.05) is 11.3 Å². The molecule has 1 aromatic heterocycles. The Morgan fingerprint density at radius 3 is 3.00 bits per heavy atom. The van der Waals surface area contributed by atoms with Gasteiger partial charge in [-0.3, -0.25) is 4.90 Å². The van der Waals surface area contributed by atoms with Crippen LogP contribution in [0.4, 0.5) is 0 Å². The molecule has 2 aliphatic rings. The number of hydrogen-bond acceptors (Lipinski definition) is 3. The lowest BCUT2D eigenvalue weighted by Crippen LogP contribution is -2.28. The van der Waals surface area contributed by atoms with Crippen LogP contribution in [0.3, 0.4) is 0 Å². The van der Waals surface area contributed by atoms with Crippen LogP contribution in [0.5, 0.6) is 0 Å². The van der Waals surface area contributed by atoms with E-state index in [-0.39, 0.29) is 12.4 Å². The summed E-state index contributed by atoms with van der Waals surface area (Å²) in [6, 6.07) is 2.16. The molecule has 17 heavy (non-hydrogen) atoms. The lowest BCUT2D eigenvalue weighted by atomic mass is 9.87. The van der Waals surface area contributed by atoms with Crippen molar-refractivity contribution in [1.29, 1.82) is 0 Å². The Kier molecular flexibility index (Phi) is 4.53. The van der Waals surface area contributed by atoms with Gasteiger partial charge in [0.2, 0.25) is 0 Å². The Bertz CT molecular complexity index is 376. The van der Waals surface area contributed by atoms with E-state index in [9.17, 15) is 0 Å². The van der Waals surface area contributed by atoms with Crippen molar-refractivity contribution in [3.05, 3.63) is 20.8 Å². The standard InChI is InChI=1S/C12H17BrN2S.ClH/c13-10-1-6-16-11(10)7-15-5-3-12(9-15)2-4-14-8-12;/h1,6,14H,2-5,7-9H2;1H. The predicted molar refractivity (Wildman–Crippen MR) is 79.1 cm³/mol. The van der Waals surface area contributed by atoms with Gasteiger partial charge >= 0.3 is 0 Å². The number of rotatable bonds is 2. The number of hydrogen-bond donors (Lipinski definition) is 1. The molecule has 3 rings (SSSR count). The molecule has 5 heteroatoms. The summed E-state index contributed by atoms with van der Waals surface area (Å²) in [6.45, 7) is 6.13. The van der Waals surface area contributed by atoms with E-state index in [0.29, 0.717) is 5.41 Å². The second-order valence-corrected chi connectivity index (χ2v) is 6.93. The Hall–Kier alpha value is 0.390. The third kappa shape index (κ3) is 2.87. The average Bonchev–Trinajstić information content (AvgIpc) is 2.96. The first kappa shape index (κ1) is 13.8. The molecule has 0 aliphatic carbocycles. The maximum absolute atomic E-state index is 3.62. The average molecular weight is 338 g/mol.